The Morgan fingerprint density at radius 1 is 1.58 bits per heavy atom. The molecule has 0 aliphatic carbocycles. The fourth-order valence-electron chi connectivity index (χ4n) is 2.40. The van der Waals surface area contributed by atoms with Crippen LogP contribution in [0, 0.1) is 0 Å². The molecule has 2 atom stereocenters. The van der Waals surface area contributed by atoms with Crippen LogP contribution in [0.2, 0.25) is 0 Å². The third-order valence-corrected chi connectivity index (χ3v) is 4.56. The summed E-state index contributed by atoms with van der Waals surface area (Å²) in [4.78, 5) is 2.39. The Hall–Kier alpha value is -0.430. The summed E-state index contributed by atoms with van der Waals surface area (Å²) in [5.41, 5.74) is 8.27. The summed E-state index contributed by atoms with van der Waals surface area (Å²) in [6.45, 7) is 7.60. The SMILES string of the molecule is CCc1nn(C)c(CN2CCOC(C(C)N)C2)c1Br. The third-order valence-electron chi connectivity index (χ3n) is 3.64. The van der Waals surface area contributed by atoms with E-state index in [4.69, 9.17) is 10.5 Å². The Kier molecular flexibility index (Phi) is 5.00. The van der Waals surface area contributed by atoms with Gasteiger partial charge in [-0.05, 0) is 29.3 Å². The Balaban J connectivity index is 2.06. The van der Waals surface area contributed by atoms with Gasteiger partial charge in [-0.15, -0.1) is 0 Å². The van der Waals surface area contributed by atoms with Crippen molar-refractivity contribution >= 4 is 15.9 Å². The van der Waals surface area contributed by atoms with Gasteiger partial charge < -0.3 is 10.5 Å². The zero-order valence-electron chi connectivity index (χ0n) is 11.9. The van der Waals surface area contributed by atoms with Crippen molar-refractivity contribution in [2.24, 2.45) is 12.8 Å². The summed E-state index contributed by atoms with van der Waals surface area (Å²) < 4.78 is 8.80. The van der Waals surface area contributed by atoms with Crippen LogP contribution in [-0.2, 0) is 24.8 Å². The maximum absolute atomic E-state index is 5.93. The van der Waals surface area contributed by atoms with Crippen molar-refractivity contribution in [1.82, 2.24) is 14.7 Å². The number of hydrogen-bond donors (Lipinski definition) is 1. The lowest BCUT2D eigenvalue weighted by Crippen LogP contribution is -2.49. The van der Waals surface area contributed by atoms with Crippen molar-refractivity contribution in [2.45, 2.75) is 39.0 Å². The second-order valence-corrected chi connectivity index (χ2v) is 5.98. The molecule has 19 heavy (non-hydrogen) atoms. The molecule has 0 aromatic carbocycles. The van der Waals surface area contributed by atoms with Gasteiger partial charge in [-0.25, -0.2) is 0 Å². The average molecular weight is 331 g/mol. The van der Waals surface area contributed by atoms with E-state index < -0.39 is 0 Å². The minimum atomic E-state index is 0.0731. The molecular formula is C13H23BrN4O. The number of ether oxygens (including phenoxy) is 1. The molecular weight excluding hydrogens is 308 g/mol. The zero-order valence-corrected chi connectivity index (χ0v) is 13.5. The van der Waals surface area contributed by atoms with Gasteiger partial charge in [0.05, 0.1) is 28.6 Å². The normalized spacial score (nSPS) is 22.7. The summed E-state index contributed by atoms with van der Waals surface area (Å²) in [5.74, 6) is 0. The molecule has 1 aromatic heterocycles. The molecule has 6 heteroatoms. The highest BCUT2D eigenvalue weighted by Gasteiger charge is 2.25. The van der Waals surface area contributed by atoms with Crippen molar-refractivity contribution in [2.75, 3.05) is 19.7 Å². The van der Waals surface area contributed by atoms with Gasteiger partial charge in [-0.3, -0.25) is 9.58 Å². The van der Waals surface area contributed by atoms with Crippen LogP contribution < -0.4 is 5.73 Å². The number of nitrogens with zero attached hydrogens (tertiary/aromatic N) is 3. The molecule has 2 unspecified atom stereocenters. The van der Waals surface area contributed by atoms with Gasteiger partial charge >= 0.3 is 0 Å². The first-order valence-electron chi connectivity index (χ1n) is 6.82. The van der Waals surface area contributed by atoms with Crippen molar-refractivity contribution in [3.8, 4) is 0 Å². The van der Waals surface area contributed by atoms with Crippen LogP contribution in [-0.4, -0.2) is 46.5 Å². The lowest BCUT2D eigenvalue weighted by Gasteiger charge is -2.34. The average Bonchev–Trinajstić information content (AvgIpc) is 2.66. The molecule has 2 heterocycles. The number of morpholine rings is 1. The van der Waals surface area contributed by atoms with Crippen LogP contribution in [0.1, 0.15) is 25.2 Å². The molecule has 0 saturated carbocycles. The molecule has 1 aromatic rings. The van der Waals surface area contributed by atoms with Crippen molar-refractivity contribution in [3.63, 3.8) is 0 Å². The summed E-state index contributed by atoms with van der Waals surface area (Å²) in [6.07, 6.45) is 1.08. The van der Waals surface area contributed by atoms with E-state index >= 15 is 0 Å². The zero-order chi connectivity index (χ0) is 14.0. The van der Waals surface area contributed by atoms with Gasteiger partial charge in [0.15, 0.2) is 0 Å². The Bertz CT molecular complexity index is 433. The number of rotatable bonds is 4. The van der Waals surface area contributed by atoms with E-state index in [1.807, 2.05) is 18.7 Å². The Morgan fingerprint density at radius 2 is 2.32 bits per heavy atom. The largest absolute Gasteiger partial charge is 0.374 e. The standard InChI is InChI=1S/C13H23BrN4O/c1-4-10-13(14)11(17(3)16-10)7-18-5-6-19-12(8-18)9(2)15/h9,12H,4-8,15H2,1-3H3. The number of nitrogens with two attached hydrogens (primary N) is 1. The fourth-order valence-corrected chi connectivity index (χ4v) is 3.14. The summed E-state index contributed by atoms with van der Waals surface area (Å²) in [7, 11) is 2.00. The third kappa shape index (κ3) is 3.37. The predicted octanol–water partition coefficient (Wildman–Crippen LogP) is 1.29. The van der Waals surface area contributed by atoms with Crippen molar-refractivity contribution in [3.05, 3.63) is 15.9 Å². The van der Waals surface area contributed by atoms with Gasteiger partial charge in [0, 0.05) is 32.7 Å². The molecule has 1 fully saturated rings. The van der Waals surface area contributed by atoms with Crippen molar-refractivity contribution in [1.29, 1.82) is 0 Å². The fraction of sp³-hybridized carbons (Fsp3) is 0.769. The molecule has 2 N–H and O–H groups in total. The molecule has 1 saturated heterocycles. The van der Waals surface area contributed by atoms with Crippen LogP contribution in [0.5, 0.6) is 0 Å². The van der Waals surface area contributed by atoms with Crippen LogP contribution in [0.4, 0.5) is 0 Å². The van der Waals surface area contributed by atoms with Crippen molar-refractivity contribution < 1.29 is 4.74 Å². The Morgan fingerprint density at radius 3 is 2.89 bits per heavy atom. The monoisotopic (exact) mass is 330 g/mol. The van der Waals surface area contributed by atoms with Gasteiger partial charge in [0.2, 0.25) is 0 Å². The quantitative estimate of drug-likeness (QED) is 0.903. The number of halogens is 1. The molecule has 5 nitrogen and oxygen atoms in total. The van der Waals surface area contributed by atoms with Gasteiger partial charge in [0.1, 0.15) is 0 Å². The highest BCUT2D eigenvalue weighted by atomic mass is 79.9. The molecule has 1 aliphatic rings. The smallest absolute Gasteiger partial charge is 0.0850 e. The van der Waals surface area contributed by atoms with E-state index in [2.05, 4.69) is 32.9 Å². The van der Waals surface area contributed by atoms with Crippen LogP contribution in [0.25, 0.3) is 0 Å². The van der Waals surface area contributed by atoms with E-state index in [1.165, 1.54) is 5.69 Å². The molecule has 0 spiro atoms. The first-order valence-corrected chi connectivity index (χ1v) is 7.62. The highest BCUT2D eigenvalue weighted by molar-refractivity contribution is 9.10. The van der Waals surface area contributed by atoms with Gasteiger partial charge in [0.25, 0.3) is 0 Å². The summed E-state index contributed by atoms with van der Waals surface area (Å²) in [5, 5.41) is 4.54. The van der Waals surface area contributed by atoms with E-state index in [0.29, 0.717) is 0 Å². The first-order chi connectivity index (χ1) is 9.02. The number of aryl methyl sites for hydroxylation is 2. The minimum Gasteiger partial charge on any atom is -0.374 e. The topological polar surface area (TPSA) is 56.3 Å². The second kappa shape index (κ2) is 6.35. The van der Waals surface area contributed by atoms with Crippen LogP contribution in [0.15, 0.2) is 4.47 Å². The van der Waals surface area contributed by atoms with E-state index in [-0.39, 0.29) is 12.1 Å². The lowest BCUT2D eigenvalue weighted by molar-refractivity contribution is -0.0410. The predicted molar refractivity (Wildman–Crippen MR) is 79.0 cm³/mol. The molecule has 1 aliphatic heterocycles. The van der Waals surface area contributed by atoms with Crippen LogP contribution >= 0.6 is 15.9 Å². The second-order valence-electron chi connectivity index (χ2n) is 5.19. The molecule has 0 bridgehead atoms. The molecule has 0 amide bonds. The van der Waals surface area contributed by atoms with Crippen LogP contribution in [0.3, 0.4) is 0 Å². The van der Waals surface area contributed by atoms with E-state index in [9.17, 15) is 0 Å². The molecule has 108 valence electrons. The van der Waals surface area contributed by atoms with E-state index in [1.54, 1.807) is 0 Å². The van der Waals surface area contributed by atoms with E-state index in [0.717, 1.165) is 42.8 Å². The maximum atomic E-state index is 5.93. The lowest BCUT2D eigenvalue weighted by atomic mass is 10.1. The summed E-state index contributed by atoms with van der Waals surface area (Å²) in [6, 6.07) is 0.0731. The maximum Gasteiger partial charge on any atom is 0.0850 e. The number of hydrogen-bond acceptors (Lipinski definition) is 4. The minimum absolute atomic E-state index is 0.0731. The van der Waals surface area contributed by atoms with Gasteiger partial charge in [-0.2, -0.15) is 5.10 Å². The first kappa shape index (κ1) is 15.0. The number of aromatic nitrogens is 2. The highest BCUT2D eigenvalue weighted by Crippen LogP contribution is 2.23. The summed E-state index contributed by atoms with van der Waals surface area (Å²) >= 11 is 3.67. The van der Waals surface area contributed by atoms with Gasteiger partial charge in [-0.1, -0.05) is 6.92 Å². The molecule has 0 radical (unpaired) electrons. The molecule has 2 rings (SSSR count). The Labute approximate surface area is 123 Å².